The second-order valence-corrected chi connectivity index (χ2v) is 13.9. The second-order valence-electron chi connectivity index (χ2n) is 13.9. The molecular weight excluding hydrogens is 651 g/mol. The lowest BCUT2D eigenvalue weighted by Crippen LogP contribution is -2.16. The van der Waals surface area contributed by atoms with Crippen molar-refractivity contribution >= 4 is 16.9 Å². The maximum atomic E-state index is 4.75. The third kappa shape index (κ3) is 9.43. The molecule has 0 radical (unpaired) electrons. The van der Waals surface area contributed by atoms with Crippen LogP contribution in [0.2, 0.25) is 0 Å². The normalized spacial score (nSPS) is 23.1. The number of nitrogens with zero attached hydrogens (tertiary/aromatic N) is 1. The minimum absolute atomic E-state index is 0.813. The second kappa shape index (κ2) is 18.5. The van der Waals surface area contributed by atoms with Crippen LogP contribution in [0.15, 0.2) is 241 Å². The van der Waals surface area contributed by atoms with Crippen LogP contribution in [0, 0.1) is 0 Å². The summed E-state index contributed by atoms with van der Waals surface area (Å²) in [6.07, 6.45) is 39.4. The van der Waals surface area contributed by atoms with Crippen molar-refractivity contribution in [1.82, 2.24) is 0 Å². The molecule has 6 rings (SSSR count). The first kappa shape index (κ1) is 37.6. The van der Waals surface area contributed by atoms with E-state index in [4.69, 9.17) is 6.58 Å². The Morgan fingerprint density at radius 2 is 1.24 bits per heavy atom. The highest BCUT2D eigenvalue weighted by Gasteiger charge is 2.19. The monoisotopic (exact) mass is 701 g/mol. The van der Waals surface area contributed by atoms with Gasteiger partial charge in [0.2, 0.25) is 0 Å². The molecule has 0 spiro atoms. The van der Waals surface area contributed by atoms with Crippen LogP contribution in [-0.4, -0.2) is 0 Å². The summed E-state index contributed by atoms with van der Waals surface area (Å²) >= 11 is 0. The van der Waals surface area contributed by atoms with E-state index in [1.807, 2.05) is 0 Å². The summed E-state index contributed by atoms with van der Waals surface area (Å²) < 4.78 is 0. The molecule has 1 nitrogen and oxygen atoms in total. The first-order valence-corrected chi connectivity index (χ1v) is 19.1. The standard InChI is InChI=1S/C53H51N/c1-6-20-48-28-19-30-52(48)43(5)53-39-51(29-15-10-8-7-9-12-22-42(53)4)54(49-35-31-46(32-36-49)44-24-13-11-14-25-44)50-37-33-47(34-38-50)45-26-17-16-21-40(2)41(3)23-18-27-45/h7-19,22-25,27,29-39H,2-3,5-6,20-21,26,28H2,1,4H3/b8-7?,9-7-,10-8+,12-9?,15-10?,17-16-,22-12-,23-18-,29-15+,42-22?,45-27+,51-29?,51-39+,53-39?,53-42+. The molecule has 3 aliphatic carbocycles. The van der Waals surface area contributed by atoms with Crippen LogP contribution in [-0.2, 0) is 0 Å². The van der Waals surface area contributed by atoms with Crippen molar-refractivity contribution < 1.29 is 0 Å². The van der Waals surface area contributed by atoms with E-state index >= 15 is 0 Å². The summed E-state index contributed by atoms with van der Waals surface area (Å²) in [7, 11) is 0. The zero-order valence-electron chi connectivity index (χ0n) is 31.8. The van der Waals surface area contributed by atoms with Crippen LogP contribution in [0.3, 0.4) is 0 Å². The highest BCUT2D eigenvalue weighted by molar-refractivity contribution is 5.77. The molecule has 0 heterocycles. The van der Waals surface area contributed by atoms with Crippen molar-refractivity contribution in [2.75, 3.05) is 4.90 Å². The molecule has 0 atom stereocenters. The molecule has 0 aliphatic heterocycles. The lowest BCUT2D eigenvalue weighted by Gasteiger charge is -2.28. The van der Waals surface area contributed by atoms with E-state index in [1.165, 1.54) is 33.4 Å². The molecule has 0 N–H and O–H groups in total. The maximum Gasteiger partial charge on any atom is 0.0467 e. The zero-order valence-corrected chi connectivity index (χ0v) is 31.8. The van der Waals surface area contributed by atoms with Crippen molar-refractivity contribution in [3.05, 3.63) is 246 Å². The van der Waals surface area contributed by atoms with Gasteiger partial charge in [0, 0.05) is 17.1 Å². The molecule has 54 heavy (non-hydrogen) atoms. The molecule has 3 aromatic rings. The van der Waals surface area contributed by atoms with Gasteiger partial charge >= 0.3 is 0 Å². The molecule has 3 aromatic carbocycles. The van der Waals surface area contributed by atoms with Gasteiger partial charge in [-0.25, -0.2) is 0 Å². The van der Waals surface area contributed by atoms with Crippen LogP contribution in [0.1, 0.15) is 51.5 Å². The van der Waals surface area contributed by atoms with Gasteiger partial charge < -0.3 is 4.90 Å². The van der Waals surface area contributed by atoms with Gasteiger partial charge in [-0.05, 0) is 125 Å². The summed E-state index contributed by atoms with van der Waals surface area (Å²) in [6.45, 7) is 17.6. The van der Waals surface area contributed by atoms with Gasteiger partial charge in [-0.2, -0.15) is 0 Å². The minimum atomic E-state index is 0.813. The average Bonchev–Trinajstić information content (AvgIpc) is 3.66. The van der Waals surface area contributed by atoms with Crippen molar-refractivity contribution in [1.29, 1.82) is 0 Å². The molecule has 0 aromatic heterocycles. The molecule has 0 bridgehead atoms. The van der Waals surface area contributed by atoms with E-state index in [2.05, 4.69) is 208 Å². The average molecular weight is 702 g/mol. The van der Waals surface area contributed by atoms with Crippen molar-refractivity contribution in [2.45, 2.75) is 46.0 Å². The summed E-state index contributed by atoms with van der Waals surface area (Å²) in [5.41, 5.74) is 16.1. The largest absolute Gasteiger partial charge is 0.310 e. The lowest BCUT2D eigenvalue weighted by atomic mass is 9.91. The Kier molecular flexibility index (Phi) is 12.9. The first-order valence-electron chi connectivity index (χ1n) is 19.1. The quantitative estimate of drug-likeness (QED) is 0.201. The summed E-state index contributed by atoms with van der Waals surface area (Å²) in [5, 5.41) is 0. The van der Waals surface area contributed by atoms with Gasteiger partial charge in [-0.15, -0.1) is 0 Å². The Morgan fingerprint density at radius 1 is 0.611 bits per heavy atom. The number of benzene rings is 3. The van der Waals surface area contributed by atoms with Gasteiger partial charge in [0.1, 0.15) is 0 Å². The summed E-state index contributed by atoms with van der Waals surface area (Å²) in [6, 6.07) is 28.4. The van der Waals surface area contributed by atoms with E-state index in [0.717, 1.165) is 77.0 Å². The maximum absolute atomic E-state index is 4.75. The fraction of sp³-hybridized carbons (Fsp3) is 0.132. The van der Waals surface area contributed by atoms with Gasteiger partial charge in [-0.3, -0.25) is 0 Å². The van der Waals surface area contributed by atoms with Crippen molar-refractivity contribution in [3.8, 4) is 11.1 Å². The van der Waals surface area contributed by atoms with Crippen molar-refractivity contribution in [2.24, 2.45) is 0 Å². The van der Waals surface area contributed by atoms with Crippen LogP contribution >= 0.6 is 0 Å². The number of hydrogen-bond acceptors (Lipinski definition) is 1. The molecule has 268 valence electrons. The fourth-order valence-corrected chi connectivity index (χ4v) is 6.97. The Balaban J connectivity index is 1.49. The van der Waals surface area contributed by atoms with Gasteiger partial charge in [0.25, 0.3) is 0 Å². The number of rotatable bonds is 9. The molecule has 0 unspecified atom stereocenters. The molecule has 1 heteroatoms. The Hall–Kier alpha value is -6.18. The number of hydrogen-bond donors (Lipinski definition) is 0. The predicted molar refractivity (Wildman–Crippen MR) is 236 cm³/mol. The minimum Gasteiger partial charge on any atom is -0.310 e. The van der Waals surface area contributed by atoms with E-state index in [0.29, 0.717) is 0 Å². The lowest BCUT2D eigenvalue weighted by molar-refractivity contribution is 0.880. The van der Waals surface area contributed by atoms with Crippen LogP contribution in [0.25, 0.3) is 16.7 Å². The molecule has 0 saturated heterocycles. The fourth-order valence-electron chi connectivity index (χ4n) is 6.97. The third-order valence-electron chi connectivity index (χ3n) is 10.0. The van der Waals surface area contributed by atoms with Crippen LogP contribution < -0.4 is 4.90 Å². The molecule has 0 saturated carbocycles. The van der Waals surface area contributed by atoms with Crippen LogP contribution in [0.5, 0.6) is 0 Å². The summed E-state index contributed by atoms with van der Waals surface area (Å²) in [4.78, 5) is 2.36. The zero-order chi connectivity index (χ0) is 37.7. The summed E-state index contributed by atoms with van der Waals surface area (Å²) in [5.74, 6) is 0. The van der Waals surface area contributed by atoms with E-state index in [1.54, 1.807) is 0 Å². The topological polar surface area (TPSA) is 3.24 Å². The van der Waals surface area contributed by atoms with E-state index < -0.39 is 0 Å². The molecular formula is C53H51N. The highest BCUT2D eigenvalue weighted by Crippen LogP contribution is 2.38. The molecule has 3 aliphatic rings. The highest BCUT2D eigenvalue weighted by atomic mass is 15.1. The Bertz CT molecular complexity index is 2210. The van der Waals surface area contributed by atoms with Gasteiger partial charge in [0.15, 0.2) is 0 Å². The van der Waals surface area contributed by atoms with Gasteiger partial charge in [-0.1, -0.05) is 178 Å². The molecule has 0 fully saturated rings. The Labute approximate surface area is 323 Å². The smallest absolute Gasteiger partial charge is 0.0467 e. The molecule has 0 amide bonds. The van der Waals surface area contributed by atoms with E-state index in [9.17, 15) is 0 Å². The number of anilines is 2. The first-order chi connectivity index (χ1) is 26.4. The Morgan fingerprint density at radius 3 is 1.94 bits per heavy atom. The number of allylic oxidation sites excluding steroid dienone is 24. The van der Waals surface area contributed by atoms with Gasteiger partial charge in [0.05, 0.1) is 0 Å². The van der Waals surface area contributed by atoms with Crippen molar-refractivity contribution in [3.63, 3.8) is 0 Å². The van der Waals surface area contributed by atoms with E-state index in [-0.39, 0.29) is 0 Å². The SMILES string of the molecule is C=C1/C=C\C=C(\c2ccc(N(C3=C/C(C(=C)C4=C(CCC)CC=C4)=C(C)\C=C/C=C\C=C\C=C\3)c3ccc(-c4ccccc4)cc3)cc2)C/C=C\CC1=C. The third-order valence-corrected chi connectivity index (χ3v) is 10.0. The van der Waals surface area contributed by atoms with Crippen LogP contribution in [0.4, 0.5) is 11.4 Å². The predicted octanol–water partition coefficient (Wildman–Crippen LogP) is 14.9.